The highest BCUT2D eigenvalue weighted by atomic mass is 32.2. The number of benzene rings is 3. The normalized spacial score (nSPS) is 20.8. The van der Waals surface area contributed by atoms with Crippen LogP contribution in [0.15, 0.2) is 82.9 Å². The fourth-order valence-corrected chi connectivity index (χ4v) is 10.6. The van der Waals surface area contributed by atoms with Gasteiger partial charge >= 0.3 is 0 Å². The van der Waals surface area contributed by atoms with Crippen molar-refractivity contribution >= 4 is 51.5 Å². The van der Waals surface area contributed by atoms with E-state index in [1.165, 1.54) is 76.9 Å². The molecular formula is C39H35NS3. The van der Waals surface area contributed by atoms with Gasteiger partial charge in [-0.25, -0.2) is 0 Å². The highest BCUT2D eigenvalue weighted by Gasteiger charge is 2.52. The van der Waals surface area contributed by atoms with Gasteiger partial charge < -0.3 is 4.90 Å². The minimum Gasteiger partial charge on any atom is -0.309 e. The second-order valence-corrected chi connectivity index (χ2v) is 17.2. The topological polar surface area (TPSA) is 3.24 Å². The zero-order valence-corrected chi connectivity index (χ0v) is 28.0. The molecule has 0 spiro atoms. The predicted molar refractivity (Wildman–Crippen MR) is 188 cm³/mol. The highest BCUT2D eigenvalue weighted by Crippen LogP contribution is 2.67. The first kappa shape index (κ1) is 26.4. The van der Waals surface area contributed by atoms with Crippen molar-refractivity contribution in [3.05, 3.63) is 122 Å². The van der Waals surface area contributed by atoms with Gasteiger partial charge in [-0.05, 0) is 109 Å². The molecule has 0 radical (unpaired) electrons. The number of thiophene rings is 2. The van der Waals surface area contributed by atoms with Gasteiger partial charge in [-0.1, -0.05) is 71.9 Å². The Morgan fingerprint density at radius 3 is 1.37 bits per heavy atom. The summed E-state index contributed by atoms with van der Waals surface area (Å²) in [4.78, 5) is 5.40. The molecule has 1 unspecified atom stereocenters. The Kier molecular flexibility index (Phi) is 5.25. The minimum absolute atomic E-state index is 0.136. The lowest BCUT2D eigenvalue weighted by Gasteiger charge is -2.55. The summed E-state index contributed by atoms with van der Waals surface area (Å²) >= 11 is 5.67. The van der Waals surface area contributed by atoms with Gasteiger partial charge in [-0.15, -0.1) is 34.4 Å². The average molecular weight is 614 g/mol. The number of allylic oxidation sites excluding steroid dienone is 1. The maximum Gasteiger partial charge on any atom is 0.0544 e. The van der Waals surface area contributed by atoms with Crippen LogP contribution in [-0.2, 0) is 16.2 Å². The van der Waals surface area contributed by atoms with E-state index in [2.05, 4.69) is 129 Å². The standard InChI is InChI=1S/C39H35NS3/c1-37(2)25-16-22(31-10-7-13-41-31)18-27-34(25)40-35-26(37)17-23(32-11-8-14-42-32)19-28(35)39(5,6)30-21-24(33-12-9-15-43-33)20-29(36(30)40)38(27,3)4/h7-11,13-21,33H,12H2,1-6H3. The van der Waals surface area contributed by atoms with E-state index in [4.69, 9.17) is 0 Å². The summed E-state index contributed by atoms with van der Waals surface area (Å²) in [5, 5.41) is 7.19. The summed E-state index contributed by atoms with van der Waals surface area (Å²) in [5.74, 6) is 0. The van der Waals surface area contributed by atoms with Crippen LogP contribution in [-0.4, -0.2) is 0 Å². The van der Waals surface area contributed by atoms with Crippen LogP contribution in [0.2, 0.25) is 0 Å². The van der Waals surface area contributed by atoms with Crippen molar-refractivity contribution in [2.45, 2.75) is 69.5 Å². The Hall–Kier alpha value is -3.05. The van der Waals surface area contributed by atoms with Crippen molar-refractivity contribution in [2.75, 3.05) is 4.90 Å². The van der Waals surface area contributed by atoms with Gasteiger partial charge in [-0.3, -0.25) is 0 Å². The number of rotatable bonds is 3. The van der Waals surface area contributed by atoms with Crippen LogP contribution in [0.25, 0.3) is 20.9 Å². The zero-order valence-electron chi connectivity index (χ0n) is 25.5. The van der Waals surface area contributed by atoms with Crippen LogP contribution in [0, 0.1) is 0 Å². The molecule has 2 aromatic heterocycles. The van der Waals surface area contributed by atoms with E-state index in [0.29, 0.717) is 5.25 Å². The third-order valence-corrected chi connectivity index (χ3v) is 13.7. The van der Waals surface area contributed by atoms with Gasteiger partial charge in [0.05, 0.1) is 17.1 Å². The first-order chi connectivity index (χ1) is 20.6. The molecule has 1 nitrogen and oxygen atoms in total. The van der Waals surface area contributed by atoms with Crippen molar-refractivity contribution in [1.29, 1.82) is 0 Å². The quantitative estimate of drug-likeness (QED) is 0.199. The van der Waals surface area contributed by atoms with Crippen molar-refractivity contribution in [3.8, 4) is 20.9 Å². The second-order valence-electron chi connectivity index (χ2n) is 14.2. The maximum absolute atomic E-state index is 2.71. The summed E-state index contributed by atoms with van der Waals surface area (Å²) in [7, 11) is 0. The van der Waals surface area contributed by atoms with Gasteiger partial charge in [-0.2, -0.15) is 0 Å². The van der Waals surface area contributed by atoms with Crippen LogP contribution in [0.3, 0.4) is 0 Å². The molecule has 0 saturated carbocycles. The molecule has 1 atom stereocenters. The van der Waals surface area contributed by atoms with Gasteiger partial charge in [0.2, 0.25) is 0 Å². The molecule has 4 aliphatic rings. The summed E-state index contributed by atoms with van der Waals surface area (Å²) in [5.41, 5.74) is 16.7. The molecule has 0 saturated heterocycles. The fourth-order valence-electron chi connectivity index (χ4n) is 8.23. The second kappa shape index (κ2) is 8.56. The molecule has 0 bridgehead atoms. The maximum atomic E-state index is 2.71. The third kappa shape index (κ3) is 3.35. The van der Waals surface area contributed by atoms with Crippen LogP contribution in [0.5, 0.6) is 0 Å². The predicted octanol–water partition coefficient (Wildman–Crippen LogP) is 12.2. The Balaban J connectivity index is 1.44. The van der Waals surface area contributed by atoms with Crippen LogP contribution in [0.1, 0.15) is 92.2 Å². The summed E-state index contributed by atoms with van der Waals surface area (Å²) < 4.78 is 0. The average Bonchev–Trinajstić information content (AvgIpc) is 3.79. The SMILES string of the molecule is CC1(C)c2cc(-c3cccs3)cc3c2N2c4c1cc(-c1cccs1)cc4C(C)(C)c1cc(C4CC=CS4)cc(c12)C3(C)C. The van der Waals surface area contributed by atoms with Crippen molar-refractivity contribution in [1.82, 2.24) is 0 Å². The Morgan fingerprint density at radius 1 is 0.605 bits per heavy atom. The first-order valence-corrected chi connectivity index (χ1v) is 18.0. The smallest absolute Gasteiger partial charge is 0.0544 e. The summed E-state index contributed by atoms with van der Waals surface area (Å²) in [6.07, 6.45) is 3.45. The number of anilines is 3. The first-order valence-electron chi connectivity index (χ1n) is 15.3. The molecule has 0 fully saturated rings. The minimum atomic E-state index is -0.154. The van der Waals surface area contributed by atoms with E-state index < -0.39 is 0 Å². The van der Waals surface area contributed by atoms with Crippen molar-refractivity contribution in [3.63, 3.8) is 0 Å². The van der Waals surface area contributed by atoms with E-state index in [0.717, 1.165) is 6.42 Å². The molecule has 6 heterocycles. The molecule has 0 aliphatic carbocycles. The molecule has 214 valence electrons. The molecular weight excluding hydrogens is 579 g/mol. The summed E-state index contributed by atoms with van der Waals surface area (Å²) in [6, 6.07) is 24.1. The Bertz CT molecular complexity index is 1870. The molecule has 0 amide bonds. The van der Waals surface area contributed by atoms with Gasteiger partial charge in [0, 0.05) is 31.2 Å². The number of hydrogen-bond acceptors (Lipinski definition) is 4. The molecule has 4 heteroatoms. The van der Waals surface area contributed by atoms with Crippen LogP contribution in [0.4, 0.5) is 17.1 Å². The van der Waals surface area contributed by atoms with Crippen molar-refractivity contribution in [2.24, 2.45) is 0 Å². The molecule has 4 aliphatic heterocycles. The zero-order chi connectivity index (χ0) is 29.5. The van der Waals surface area contributed by atoms with Crippen LogP contribution < -0.4 is 4.90 Å². The van der Waals surface area contributed by atoms with E-state index in [-0.39, 0.29) is 16.2 Å². The Labute approximate surface area is 267 Å². The summed E-state index contributed by atoms with van der Waals surface area (Å²) in [6.45, 7) is 14.8. The van der Waals surface area contributed by atoms with Crippen molar-refractivity contribution < 1.29 is 0 Å². The number of hydrogen-bond donors (Lipinski definition) is 0. The van der Waals surface area contributed by atoms with Gasteiger partial charge in [0.1, 0.15) is 0 Å². The molecule has 43 heavy (non-hydrogen) atoms. The molecule has 0 N–H and O–H groups in total. The monoisotopic (exact) mass is 613 g/mol. The largest absolute Gasteiger partial charge is 0.309 e. The van der Waals surface area contributed by atoms with E-state index in [9.17, 15) is 0 Å². The molecule has 3 aromatic carbocycles. The Morgan fingerprint density at radius 2 is 1.02 bits per heavy atom. The van der Waals surface area contributed by atoms with E-state index in [1.807, 2.05) is 34.4 Å². The highest BCUT2D eigenvalue weighted by molar-refractivity contribution is 8.02. The fraction of sp³-hybridized carbons (Fsp3) is 0.282. The lowest BCUT2D eigenvalue weighted by atomic mass is 9.60. The molecule has 5 aromatic rings. The van der Waals surface area contributed by atoms with E-state index >= 15 is 0 Å². The molecule has 9 rings (SSSR count). The van der Waals surface area contributed by atoms with Gasteiger partial charge in [0.15, 0.2) is 0 Å². The number of nitrogens with zero attached hydrogens (tertiary/aromatic N) is 1. The van der Waals surface area contributed by atoms with E-state index in [1.54, 1.807) is 0 Å². The number of thioether (sulfide) groups is 1. The lowest BCUT2D eigenvalue weighted by Crippen LogP contribution is -2.43. The van der Waals surface area contributed by atoms with Crippen LogP contribution >= 0.6 is 34.4 Å². The third-order valence-electron chi connectivity index (χ3n) is 10.7. The van der Waals surface area contributed by atoms with Gasteiger partial charge in [0.25, 0.3) is 0 Å². The lowest BCUT2D eigenvalue weighted by molar-refractivity contribution is 0.566.